The number of aromatic nitrogens is 2. The second-order valence-corrected chi connectivity index (χ2v) is 5.36. The van der Waals surface area contributed by atoms with Gasteiger partial charge in [-0.3, -0.25) is 4.90 Å². The molecule has 1 aliphatic rings. The number of aliphatic hydroxyl groups excluding tert-OH is 1. The molecule has 0 aliphatic carbocycles. The Morgan fingerprint density at radius 3 is 2.57 bits per heavy atom. The van der Waals surface area contributed by atoms with Gasteiger partial charge in [-0.05, 0) is 13.3 Å². The molecule has 1 aromatic heterocycles. The molecule has 2 heterocycles. The Labute approximate surface area is 127 Å². The first-order valence-electron chi connectivity index (χ1n) is 7.96. The molecule has 0 saturated carbocycles. The summed E-state index contributed by atoms with van der Waals surface area (Å²) in [5, 5.41) is 12.3. The number of nitrogens with one attached hydrogen (secondary N) is 1. The maximum atomic E-state index is 9.01. The van der Waals surface area contributed by atoms with E-state index in [1.54, 1.807) is 0 Å². The minimum Gasteiger partial charge on any atom is -0.395 e. The lowest BCUT2D eigenvalue weighted by Gasteiger charge is -2.35. The van der Waals surface area contributed by atoms with Crippen LogP contribution in [0.15, 0.2) is 6.07 Å². The summed E-state index contributed by atoms with van der Waals surface area (Å²) in [6.07, 6.45) is 1.97. The number of hydrogen-bond acceptors (Lipinski definition) is 6. The molecule has 1 fully saturated rings. The van der Waals surface area contributed by atoms with Crippen LogP contribution in [0.25, 0.3) is 0 Å². The van der Waals surface area contributed by atoms with Crippen molar-refractivity contribution < 1.29 is 5.11 Å². The Hall–Kier alpha value is -1.40. The predicted molar refractivity (Wildman–Crippen MR) is 85.9 cm³/mol. The van der Waals surface area contributed by atoms with E-state index in [2.05, 4.69) is 33.9 Å². The Kier molecular flexibility index (Phi) is 6.20. The smallest absolute Gasteiger partial charge is 0.134 e. The van der Waals surface area contributed by atoms with E-state index in [9.17, 15) is 0 Å². The van der Waals surface area contributed by atoms with Gasteiger partial charge in [0.2, 0.25) is 0 Å². The lowest BCUT2D eigenvalue weighted by Crippen LogP contribution is -2.47. The normalized spacial score (nSPS) is 16.2. The molecule has 0 spiro atoms. The van der Waals surface area contributed by atoms with Crippen LogP contribution in [0.1, 0.15) is 26.1 Å². The van der Waals surface area contributed by atoms with E-state index in [-0.39, 0.29) is 6.61 Å². The lowest BCUT2D eigenvalue weighted by atomic mass is 10.3. The third-order valence-electron chi connectivity index (χ3n) is 3.70. The maximum absolute atomic E-state index is 9.01. The van der Waals surface area contributed by atoms with Gasteiger partial charge in [0.25, 0.3) is 0 Å². The molecule has 2 N–H and O–H groups in total. The number of aliphatic hydroxyl groups is 1. The van der Waals surface area contributed by atoms with Gasteiger partial charge in [0.05, 0.1) is 6.61 Å². The van der Waals surface area contributed by atoms with Crippen LogP contribution in [-0.2, 0) is 6.42 Å². The summed E-state index contributed by atoms with van der Waals surface area (Å²) in [6.45, 7) is 9.95. The number of aryl methyl sites for hydroxylation is 1. The first kappa shape index (κ1) is 16.0. The maximum Gasteiger partial charge on any atom is 0.134 e. The lowest BCUT2D eigenvalue weighted by molar-refractivity contribution is 0.188. The van der Waals surface area contributed by atoms with E-state index in [1.165, 1.54) is 0 Å². The summed E-state index contributed by atoms with van der Waals surface area (Å²) in [4.78, 5) is 13.9. The summed E-state index contributed by atoms with van der Waals surface area (Å²) in [7, 11) is 0. The van der Waals surface area contributed by atoms with E-state index in [0.29, 0.717) is 0 Å². The fourth-order valence-corrected chi connectivity index (χ4v) is 2.59. The van der Waals surface area contributed by atoms with Crippen molar-refractivity contribution in [2.45, 2.75) is 26.7 Å². The van der Waals surface area contributed by atoms with E-state index in [1.807, 2.05) is 6.07 Å². The van der Waals surface area contributed by atoms with Crippen LogP contribution in [-0.4, -0.2) is 65.8 Å². The molecule has 0 amide bonds. The molecule has 0 atom stereocenters. The van der Waals surface area contributed by atoms with Gasteiger partial charge in [0.1, 0.15) is 17.5 Å². The molecule has 0 unspecified atom stereocenters. The molecule has 1 aliphatic heterocycles. The van der Waals surface area contributed by atoms with E-state index >= 15 is 0 Å². The van der Waals surface area contributed by atoms with Crippen molar-refractivity contribution >= 4 is 11.6 Å². The van der Waals surface area contributed by atoms with Crippen molar-refractivity contribution in [1.29, 1.82) is 0 Å². The minimum atomic E-state index is 0.235. The average Bonchev–Trinajstić information content (AvgIpc) is 2.49. The van der Waals surface area contributed by atoms with Gasteiger partial charge in [-0.25, -0.2) is 9.97 Å². The molecular weight excluding hydrogens is 266 g/mol. The fourth-order valence-electron chi connectivity index (χ4n) is 2.59. The quantitative estimate of drug-likeness (QED) is 0.781. The summed E-state index contributed by atoms with van der Waals surface area (Å²) in [5.74, 6) is 2.86. The largest absolute Gasteiger partial charge is 0.395 e. The highest BCUT2D eigenvalue weighted by molar-refractivity contribution is 5.49. The van der Waals surface area contributed by atoms with Crippen molar-refractivity contribution in [2.75, 3.05) is 56.1 Å². The van der Waals surface area contributed by atoms with Crippen molar-refractivity contribution in [1.82, 2.24) is 14.9 Å². The molecule has 0 bridgehead atoms. The molecule has 21 heavy (non-hydrogen) atoms. The first-order valence-corrected chi connectivity index (χ1v) is 7.96. The van der Waals surface area contributed by atoms with Gasteiger partial charge in [0.15, 0.2) is 0 Å². The SMILES string of the molecule is CCCc1nc(NCC)cc(N2CCN(CCO)CC2)n1. The Morgan fingerprint density at radius 1 is 1.19 bits per heavy atom. The summed E-state index contributed by atoms with van der Waals surface area (Å²) < 4.78 is 0. The van der Waals surface area contributed by atoms with Gasteiger partial charge in [-0.2, -0.15) is 0 Å². The van der Waals surface area contributed by atoms with Gasteiger partial charge in [-0.1, -0.05) is 6.92 Å². The van der Waals surface area contributed by atoms with E-state index in [4.69, 9.17) is 10.1 Å². The number of rotatable bonds is 7. The van der Waals surface area contributed by atoms with Crippen molar-refractivity contribution in [3.05, 3.63) is 11.9 Å². The number of β-amino-alcohol motifs (C(OH)–C–C–N with tert-alkyl or cyclic N) is 1. The second kappa shape index (κ2) is 8.14. The topological polar surface area (TPSA) is 64.5 Å². The minimum absolute atomic E-state index is 0.235. The third-order valence-corrected chi connectivity index (χ3v) is 3.70. The second-order valence-electron chi connectivity index (χ2n) is 5.36. The average molecular weight is 293 g/mol. The summed E-state index contributed by atoms with van der Waals surface area (Å²) in [5.41, 5.74) is 0. The summed E-state index contributed by atoms with van der Waals surface area (Å²) >= 11 is 0. The third kappa shape index (κ3) is 4.54. The van der Waals surface area contributed by atoms with E-state index in [0.717, 1.165) is 69.6 Å². The number of nitrogens with zero attached hydrogens (tertiary/aromatic N) is 4. The summed E-state index contributed by atoms with van der Waals surface area (Å²) in [6, 6.07) is 2.05. The van der Waals surface area contributed by atoms with Crippen molar-refractivity contribution in [2.24, 2.45) is 0 Å². The molecule has 1 aromatic rings. The predicted octanol–water partition coefficient (Wildman–Crippen LogP) is 0.975. The molecule has 6 nitrogen and oxygen atoms in total. The molecule has 6 heteroatoms. The van der Waals surface area contributed by atoms with Crippen molar-refractivity contribution in [3.63, 3.8) is 0 Å². The van der Waals surface area contributed by atoms with Gasteiger partial charge >= 0.3 is 0 Å². The zero-order valence-corrected chi connectivity index (χ0v) is 13.2. The highest BCUT2D eigenvalue weighted by atomic mass is 16.3. The number of hydrogen-bond donors (Lipinski definition) is 2. The van der Waals surface area contributed by atoms with Gasteiger partial charge in [0, 0.05) is 51.8 Å². The van der Waals surface area contributed by atoms with E-state index < -0.39 is 0 Å². The zero-order chi connectivity index (χ0) is 15.1. The Morgan fingerprint density at radius 2 is 1.95 bits per heavy atom. The fraction of sp³-hybridized carbons (Fsp3) is 0.733. The zero-order valence-electron chi connectivity index (χ0n) is 13.2. The number of piperazine rings is 1. The highest BCUT2D eigenvalue weighted by Gasteiger charge is 2.18. The Balaban J connectivity index is 2.07. The van der Waals surface area contributed by atoms with Crippen molar-refractivity contribution in [3.8, 4) is 0 Å². The van der Waals surface area contributed by atoms with Crippen LogP contribution in [0.2, 0.25) is 0 Å². The van der Waals surface area contributed by atoms with Crippen LogP contribution in [0, 0.1) is 0 Å². The molecule has 2 rings (SSSR count). The van der Waals surface area contributed by atoms with Crippen LogP contribution in [0.3, 0.4) is 0 Å². The molecule has 1 saturated heterocycles. The molecule has 0 radical (unpaired) electrons. The highest BCUT2D eigenvalue weighted by Crippen LogP contribution is 2.18. The van der Waals surface area contributed by atoms with Crippen LogP contribution >= 0.6 is 0 Å². The monoisotopic (exact) mass is 293 g/mol. The van der Waals surface area contributed by atoms with Crippen LogP contribution < -0.4 is 10.2 Å². The van der Waals surface area contributed by atoms with Crippen LogP contribution in [0.5, 0.6) is 0 Å². The van der Waals surface area contributed by atoms with Gasteiger partial charge < -0.3 is 15.3 Å². The first-order chi connectivity index (χ1) is 10.3. The Bertz CT molecular complexity index is 408. The van der Waals surface area contributed by atoms with Gasteiger partial charge in [-0.15, -0.1) is 0 Å². The molecular formula is C15H27N5O. The molecule has 118 valence electrons. The standard InChI is InChI=1S/C15H27N5O/c1-3-5-13-17-14(16-4-2)12-15(18-13)20-8-6-19(7-9-20)10-11-21/h12,21H,3-11H2,1-2H3,(H,16,17,18). The van der Waals surface area contributed by atoms with Crippen LogP contribution in [0.4, 0.5) is 11.6 Å². The number of anilines is 2. The molecule has 0 aromatic carbocycles.